The Kier molecular flexibility index (Phi) is 9.66. The van der Waals surface area contributed by atoms with E-state index < -0.39 is 33.3 Å². The minimum atomic E-state index is -4.54. The number of ether oxygens (including phenoxy) is 4. The zero-order valence-corrected chi connectivity index (χ0v) is 26.8. The van der Waals surface area contributed by atoms with E-state index in [0.29, 0.717) is 0 Å². The van der Waals surface area contributed by atoms with Crippen LogP contribution in [0.5, 0.6) is 46.0 Å². The molecular weight excluding hydrogens is 698 g/mol. The van der Waals surface area contributed by atoms with Crippen molar-refractivity contribution >= 4 is 9.84 Å². The van der Waals surface area contributed by atoms with E-state index in [4.69, 9.17) is 18.9 Å². The molecule has 0 fully saturated rings. The van der Waals surface area contributed by atoms with Crippen LogP contribution in [-0.4, -0.2) is 8.42 Å². The van der Waals surface area contributed by atoms with Gasteiger partial charge in [-0.15, -0.1) is 0 Å². The second-order valence-corrected chi connectivity index (χ2v) is 12.8. The number of halogens is 6. The first kappa shape index (κ1) is 34.9. The second kappa shape index (κ2) is 14.1. The number of alkyl halides is 6. The average molecular weight is 723 g/mol. The van der Waals surface area contributed by atoms with Crippen molar-refractivity contribution in [1.82, 2.24) is 0 Å². The maximum absolute atomic E-state index is 13.6. The van der Waals surface area contributed by atoms with Gasteiger partial charge in [0.2, 0.25) is 9.84 Å². The first-order chi connectivity index (χ1) is 24.2. The van der Waals surface area contributed by atoms with Gasteiger partial charge in [0.25, 0.3) is 0 Å². The molecule has 0 saturated carbocycles. The standard InChI is InChI=1S/C38H24F6O6S/c39-37(40,41)25-7-1-9-27(19-25)47-29-11-3-13-31(21-29)49-33-15-5-17-35(23-33)51(45,46)36-18-6-16-34(24-36)50-32-14-4-12-30(22-32)48-28-10-2-8-26(20-28)38(42,43)44/h1-24H. The van der Waals surface area contributed by atoms with Gasteiger partial charge in [-0.25, -0.2) is 8.42 Å². The zero-order chi connectivity index (χ0) is 36.2. The molecule has 0 saturated heterocycles. The van der Waals surface area contributed by atoms with Crippen molar-refractivity contribution in [2.45, 2.75) is 22.1 Å². The molecular formula is C38H24F6O6S. The zero-order valence-electron chi connectivity index (χ0n) is 26.0. The lowest BCUT2D eigenvalue weighted by molar-refractivity contribution is -0.138. The second-order valence-electron chi connectivity index (χ2n) is 10.9. The van der Waals surface area contributed by atoms with E-state index in [-0.39, 0.29) is 55.8 Å². The average Bonchev–Trinajstić information content (AvgIpc) is 3.08. The topological polar surface area (TPSA) is 71.1 Å². The number of sulfone groups is 1. The Balaban J connectivity index is 1.15. The molecule has 0 atom stereocenters. The Morgan fingerprint density at radius 2 is 0.608 bits per heavy atom. The van der Waals surface area contributed by atoms with Crippen molar-refractivity contribution in [2.75, 3.05) is 0 Å². The normalized spacial score (nSPS) is 11.9. The van der Waals surface area contributed by atoms with Crippen LogP contribution in [0.25, 0.3) is 0 Å². The van der Waals surface area contributed by atoms with E-state index in [9.17, 15) is 34.8 Å². The van der Waals surface area contributed by atoms with E-state index in [0.717, 1.165) is 24.3 Å². The molecule has 0 N–H and O–H groups in total. The summed E-state index contributed by atoms with van der Waals surface area (Å²) in [6, 6.07) is 32.5. The highest BCUT2D eigenvalue weighted by molar-refractivity contribution is 7.91. The van der Waals surface area contributed by atoms with Crippen LogP contribution in [0.15, 0.2) is 155 Å². The largest absolute Gasteiger partial charge is 0.457 e. The molecule has 0 amide bonds. The Morgan fingerprint density at radius 1 is 0.353 bits per heavy atom. The SMILES string of the molecule is O=S(=O)(c1cccc(Oc2cccc(Oc3cccc(C(F)(F)F)c3)c2)c1)c1cccc(Oc2cccc(Oc3cccc(C(F)(F)F)c3)c2)c1. The highest BCUT2D eigenvalue weighted by atomic mass is 32.2. The summed E-state index contributed by atoms with van der Waals surface area (Å²) in [4.78, 5) is -0.185. The molecule has 13 heteroatoms. The number of benzene rings is 6. The minimum absolute atomic E-state index is 0.0301. The van der Waals surface area contributed by atoms with E-state index in [1.54, 1.807) is 24.3 Å². The lowest BCUT2D eigenvalue weighted by Crippen LogP contribution is -2.04. The molecule has 6 aromatic carbocycles. The van der Waals surface area contributed by atoms with E-state index in [1.165, 1.54) is 97.1 Å². The van der Waals surface area contributed by atoms with Gasteiger partial charge in [-0.2, -0.15) is 26.3 Å². The molecule has 0 unspecified atom stereocenters. The van der Waals surface area contributed by atoms with Crippen molar-refractivity contribution in [2.24, 2.45) is 0 Å². The maximum Gasteiger partial charge on any atom is 0.416 e. The summed E-state index contributed by atoms with van der Waals surface area (Å²) in [5.74, 6) is 1.14. The molecule has 0 aliphatic carbocycles. The van der Waals surface area contributed by atoms with E-state index >= 15 is 0 Å². The van der Waals surface area contributed by atoms with Gasteiger partial charge in [-0.3, -0.25) is 0 Å². The summed E-state index contributed by atoms with van der Waals surface area (Å²) < 4.78 is 129. The van der Waals surface area contributed by atoms with Crippen molar-refractivity contribution in [1.29, 1.82) is 0 Å². The fraction of sp³-hybridized carbons (Fsp3) is 0.0526. The molecule has 0 aliphatic rings. The summed E-state index contributed by atoms with van der Waals surface area (Å²) in [6.07, 6.45) is -9.07. The molecule has 6 aromatic rings. The quantitative estimate of drug-likeness (QED) is 0.131. The van der Waals surface area contributed by atoms with Crippen molar-refractivity contribution in [3.63, 3.8) is 0 Å². The molecule has 6 rings (SSSR count). The molecule has 0 bridgehead atoms. The molecule has 0 heterocycles. The molecule has 0 aromatic heterocycles. The van der Waals surface area contributed by atoms with Gasteiger partial charge in [-0.1, -0.05) is 36.4 Å². The summed E-state index contributed by atoms with van der Waals surface area (Å²) >= 11 is 0. The van der Waals surface area contributed by atoms with Gasteiger partial charge >= 0.3 is 12.4 Å². The van der Waals surface area contributed by atoms with Gasteiger partial charge in [0.05, 0.1) is 20.9 Å². The summed E-state index contributed by atoms with van der Waals surface area (Å²) in [5, 5.41) is 0. The van der Waals surface area contributed by atoms with Crippen LogP contribution in [0.4, 0.5) is 26.3 Å². The third-order valence-corrected chi connectivity index (χ3v) is 8.86. The van der Waals surface area contributed by atoms with Crippen molar-refractivity contribution in [3.8, 4) is 46.0 Å². The Bertz CT molecular complexity index is 2130. The third kappa shape index (κ3) is 8.81. The predicted molar refractivity (Wildman–Crippen MR) is 174 cm³/mol. The first-order valence-corrected chi connectivity index (χ1v) is 16.4. The molecule has 51 heavy (non-hydrogen) atoms. The monoisotopic (exact) mass is 722 g/mol. The van der Waals surface area contributed by atoms with Crippen LogP contribution in [0.3, 0.4) is 0 Å². The third-order valence-electron chi connectivity index (χ3n) is 7.11. The van der Waals surface area contributed by atoms with Crippen LogP contribution < -0.4 is 18.9 Å². The van der Waals surface area contributed by atoms with Crippen molar-refractivity contribution < 1.29 is 53.7 Å². The van der Waals surface area contributed by atoms with Crippen LogP contribution in [-0.2, 0) is 22.2 Å². The van der Waals surface area contributed by atoms with E-state index in [1.807, 2.05) is 0 Å². The van der Waals surface area contributed by atoms with Crippen LogP contribution in [0, 0.1) is 0 Å². The number of rotatable bonds is 10. The smallest absolute Gasteiger partial charge is 0.416 e. The molecule has 6 nitrogen and oxygen atoms in total. The first-order valence-electron chi connectivity index (χ1n) is 14.9. The predicted octanol–water partition coefficient (Wildman–Crippen LogP) is 11.7. The van der Waals surface area contributed by atoms with Gasteiger partial charge < -0.3 is 18.9 Å². The van der Waals surface area contributed by atoms with Crippen LogP contribution >= 0.6 is 0 Å². The highest BCUT2D eigenvalue weighted by Crippen LogP contribution is 2.36. The fourth-order valence-electron chi connectivity index (χ4n) is 4.76. The summed E-state index contributed by atoms with van der Waals surface area (Å²) in [5.41, 5.74) is -1.72. The Morgan fingerprint density at radius 3 is 0.922 bits per heavy atom. The van der Waals surface area contributed by atoms with Gasteiger partial charge in [-0.05, 0) is 97.1 Å². The van der Waals surface area contributed by atoms with Crippen LogP contribution in [0.2, 0.25) is 0 Å². The Hall–Kier alpha value is -5.95. The fourth-order valence-corrected chi connectivity index (χ4v) is 6.09. The lowest BCUT2D eigenvalue weighted by atomic mass is 10.2. The minimum Gasteiger partial charge on any atom is -0.457 e. The van der Waals surface area contributed by atoms with Crippen molar-refractivity contribution in [3.05, 3.63) is 157 Å². The lowest BCUT2D eigenvalue weighted by Gasteiger charge is -2.13. The highest BCUT2D eigenvalue weighted by Gasteiger charge is 2.31. The molecule has 0 radical (unpaired) electrons. The number of hydrogen-bond acceptors (Lipinski definition) is 6. The van der Waals surface area contributed by atoms with E-state index in [2.05, 4.69) is 0 Å². The molecule has 260 valence electrons. The molecule has 0 aliphatic heterocycles. The number of hydrogen-bond donors (Lipinski definition) is 0. The Labute approximate surface area is 288 Å². The summed E-state index contributed by atoms with van der Waals surface area (Å²) in [7, 11) is -4.09. The molecule has 0 spiro atoms. The van der Waals surface area contributed by atoms with Gasteiger partial charge in [0.1, 0.15) is 46.0 Å². The van der Waals surface area contributed by atoms with Gasteiger partial charge in [0, 0.05) is 12.1 Å². The summed E-state index contributed by atoms with van der Waals surface area (Å²) in [6.45, 7) is 0. The maximum atomic E-state index is 13.6. The van der Waals surface area contributed by atoms with Gasteiger partial charge in [0.15, 0.2) is 0 Å². The van der Waals surface area contributed by atoms with Crippen LogP contribution in [0.1, 0.15) is 11.1 Å².